The second-order valence-electron chi connectivity index (χ2n) is 10.2. The molecule has 0 radical (unpaired) electrons. The van der Waals surface area contributed by atoms with Gasteiger partial charge in [-0.05, 0) is 59.4 Å². The van der Waals surface area contributed by atoms with Crippen LogP contribution in [-0.4, -0.2) is 75.6 Å². The topological polar surface area (TPSA) is 151 Å². The molecule has 0 bridgehead atoms. The summed E-state index contributed by atoms with van der Waals surface area (Å²) in [6.07, 6.45) is 20.3. The van der Waals surface area contributed by atoms with Crippen LogP contribution < -0.4 is 5.32 Å². The minimum Gasteiger partial charge on any atom is -0.479 e. The van der Waals surface area contributed by atoms with Gasteiger partial charge in [0, 0.05) is 0 Å². The monoisotopic (exact) mass is 542 g/mol. The van der Waals surface area contributed by atoms with Crippen molar-refractivity contribution in [2.75, 3.05) is 33.7 Å². The van der Waals surface area contributed by atoms with E-state index in [9.17, 15) is 4.79 Å². The summed E-state index contributed by atoms with van der Waals surface area (Å²) in [5, 5.41) is 19.3. The van der Waals surface area contributed by atoms with E-state index in [4.69, 9.17) is 29.5 Å². The predicted molar refractivity (Wildman–Crippen MR) is 149 cm³/mol. The first-order valence-corrected chi connectivity index (χ1v) is 15.4. The Hall–Kier alpha value is -0.540. The van der Waals surface area contributed by atoms with Crippen LogP contribution in [0.1, 0.15) is 117 Å². The SMILES string of the molecule is CC(C)CCCCCCCCCCCCCCCNCCCN(C)C.CC(O)C(=O)O.O=P(O)(O)O. The second kappa shape index (κ2) is 29.0. The molecular weight excluding hydrogens is 483 g/mol. The molecule has 0 aliphatic carbocycles. The van der Waals surface area contributed by atoms with Crippen LogP contribution in [0.15, 0.2) is 0 Å². The molecule has 0 fully saturated rings. The number of rotatable bonds is 21. The van der Waals surface area contributed by atoms with Crippen LogP contribution in [0.4, 0.5) is 0 Å². The molecule has 0 rings (SSSR count). The summed E-state index contributed by atoms with van der Waals surface area (Å²) < 4.78 is 8.88. The molecule has 0 saturated heterocycles. The molecule has 0 aliphatic heterocycles. The first-order chi connectivity index (χ1) is 16.8. The van der Waals surface area contributed by atoms with Crippen LogP contribution in [0.3, 0.4) is 0 Å². The summed E-state index contributed by atoms with van der Waals surface area (Å²) in [6.45, 7) is 9.46. The fourth-order valence-electron chi connectivity index (χ4n) is 3.39. The Balaban J connectivity index is -0.000000818. The Morgan fingerprint density at radius 2 is 1.03 bits per heavy atom. The number of carbonyl (C=O) groups is 1. The van der Waals surface area contributed by atoms with E-state index in [-0.39, 0.29) is 0 Å². The van der Waals surface area contributed by atoms with Crippen LogP contribution in [0.25, 0.3) is 0 Å². The van der Waals surface area contributed by atoms with Crippen molar-refractivity contribution >= 4 is 13.8 Å². The molecule has 10 heteroatoms. The van der Waals surface area contributed by atoms with E-state index in [1.165, 1.54) is 123 Å². The summed E-state index contributed by atoms with van der Waals surface area (Å²) in [5.74, 6) is -0.292. The number of hydrogen-bond donors (Lipinski definition) is 6. The number of nitrogens with zero attached hydrogens (tertiary/aromatic N) is 1. The van der Waals surface area contributed by atoms with Gasteiger partial charge < -0.3 is 35.1 Å². The number of aliphatic hydroxyl groups is 1. The Bertz CT molecular complexity index is 468. The van der Waals surface area contributed by atoms with Crippen molar-refractivity contribution in [1.29, 1.82) is 0 Å². The van der Waals surface area contributed by atoms with Gasteiger partial charge in [0.15, 0.2) is 0 Å². The van der Waals surface area contributed by atoms with E-state index < -0.39 is 19.9 Å². The second-order valence-corrected chi connectivity index (χ2v) is 11.2. The van der Waals surface area contributed by atoms with Gasteiger partial charge in [-0.25, -0.2) is 9.36 Å². The van der Waals surface area contributed by atoms with E-state index >= 15 is 0 Å². The van der Waals surface area contributed by atoms with Crippen molar-refractivity contribution in [1.82, 2.24) is 10.2 Å². The zero-order chi connectivity index (χ0) is 28.2. The molecule has 1 unspecified atom stereocenters. The molecule has 0 amide bonds. The molecule has 9 nitrogen and oxygen atoms in total. The van der Waals surface area contributed by atoms with Crippen molar-refractivity contribution < 1.29 is 34.3 Å². The zero-order valence-electron chi connectivity index (χ0n) is 23.8. The van der Waals surface area contributed by atoms with Gasteiger partial charge in [0.05, 0.1) is 0 Å². The Morgan fingerprint density at radius 1 is 0.722 bits per heavy atom. The van der Waals surface area contributed by atoms with Gasteiger partial charge in [0.25, 0.3) is 0 Å². The van der Waals surface area contributed by atoms with Crippen molar-refractivity contribution in [2.24, 2.45) is 5.92 Å². The van der Waals surface area contributed by atoms with E-state index in [1.54, 1.807) is 0 Å². The first-order valence-electron chi connectivity index (χ1n) is 13.8. The first kappa shape index (κ1) is 40.0. The maximum absolute atomic E-state index is 9.45. The summed E-state index contributed by atoms with van der Waals surface area (Å²) in [5.41, 5.74) is 0. The number of nitrogens with one attached hydrogen (secondary N) is 1. The van der Waals surface area contributed by atoms with Crippen molar-refractivity contribution in [3.8, 4) is 0 Å². The summed E-state index contributed by atoms with van der Waals surface area (Å²) in [4.78, 5) is 33.3. The van der Waals surface area contributed by atoms with Gasteiger partial charge in [-0.2, -0.15) is 0 Å². The highest BCUT2D eigenvalue weighted by atomic mass is 31.2. The third-order valence-electron chi connectivity index (χ3n) is 5.45. The van der Waals surface area contributed by atoms with E-state index in [0.29, 0.717) is 0 Å². The molecular formula is C26H59N2O7P. The summed E-state index contributed by atoms with van der Waals surface area (Å²) >= 11 is 0. The lowest BCUT2D eigenvalue weighted by molar-refractivity contribution is -0.145. The van der Waals surface area contributed by atoms with Gasteiger partial charge in [-0.15, -0.1) is 0 Å². The normalized spacial score (nSPS) is 12.1. The van der Waals surface area contributed by atoms with Gasteiger partial charge in [-0.3, -0.25) is 0 Å². The third kappa shape index (κ3) is 54.4. The van der Waals surface area contributed by atoms with E-state index in [1.807, 2.05) is 0 Å². The lowest BCUT2D eigenvalue weighted by Crippen LogP contribution is -2.22. The number of phosphoric acid groups is 1. The highest BCUT2D eigenvalue weighted by Crippen LogP contribution is 2.25. The number of carboxylic acids is 1. The minimum absolute atomic E-state index is 0.893. The lowest BCUT2D eigenvalue weighted by Gasteiger charge is -2.09. The fourth-order valence-corrected chi connectivity index (χ4v) is 3.39. The average molecular weight is 543 g/mol. The van der Waals surface area contributed by atoms with Crippen LogP contribution in [0.2, 0.25) is 0 Å². The number of carboxylic acid groups (broad SMARTS) is 1. The number of hydrogen-bond acceptors (Lipinski definition) is 5. The quantitative estimate of drug-likeness (QED) is 0.0852. The maximum atomic E-state index is 9.45. The molecule has 6 N–H and O–H groups in total. The minimum atomic E-state index is -4.64. The number of aliphatic hydroxyl groups excluding tert-OH is 1. The molecule has 0 aromatic rings. The molecule has 0 aromatic carbocycles. The molecule has 220 valence electrons. The van der Waals surface area contributed by atoms with E-state index in [0.717, 1.165) is 5.92 Å². The smallest absolute Gasteiger partial charge is 0.466 e. The molecule has 0 saturated carbocycles. The molecule has 0 heterocycles. The van der Waals surface area contributed by atoms with Crippen molar-refractivity contribution in [2.45, 2.75) is 123 Å². The largest absolute Gasteiger partial charge is 0.479 e. The highest BCUT2D eigenvalue weighted by Gasteiger charge is 2.01. The number of aliphatic carboxylic acids is 1. The summed E-state index contributed by atoms with van der Waals surface area (Å²) in [6, 6.07) is 0. The molecule has 0 aliphatic rings. The van der Waals surface area contributed by atoms with Crippen molar-refractivity contribution in [3.63, 3.8) is 0 Å². The fraction of sp³-hybridized carbons (Fsp3) is 0.962. The van der Waals surface area contributed by atoms with Crippen LogP contribution in [0, 0.1) is 5.92 Å². The van der Waals surface area contributed by atoms with Crippen LogP contribution in [-0.2, 0) is 9.36 Å². The average Bonchev–Trinajstić information content (AvgIpc) is 2.74. The Kier molecular flexibility index (Phi) is 32.2. The maximum Gasteiger partial charge on any atom is 0.466 e. The molecule has 36 heavy (non-hydrogen) atoms. The van der Waals surface area contributed by atoms with Crippen LogP contribution >= 0.6 is 7.82 Å². The van der Waals surface area contributed by atoms with E-state index in [2.05, 4.69) is 38.2 Å². The lowest BCUT2D eigenvalue weighted by atomic mass is 10.0. The van der Waals surface area contributed by atoms with Crippen LogP contribution in [0.5, 0.6) is 0 Å². The predicted octanol–water partition coefficient (Wildman–Crippen LogP) is 5.17. The van der Waals surface area contributed by atoms with Gasteiger partial charge in [0.1, 0.15) is 6.10 Å². The molecule has 0 spiro atoms. The molecule has 1 atom stereocenters. The van der Waals surface area contributed by atoms with Gasteiger partial charge in [0.2, 0.25) is 0 Å². The van der Waals surface area contributed by atoms with Gasteiger partial charge >= 0.3 is 13.8 Å². The summed E-state index contributed by atoms with van der Waals surface area (Å²) in [7, 11) is -0.343. The number of unbranched alkanes of at least 4 members (excludes halogenated alkanes) is 12. The Labute approximate surface area is 221 Å². The Morgan fingerprint density at radius 3 is 1.33 bits per heavy atom. The third-order valence-corrected chi connectivity index (χ3v) is 5.45. The zero-order valence-corrected chi connectivity index (χ0v) is 24.7. The van der Waals surface area contributed by atoms with Crippen molar-refractivity contribution in [3.05, 3.63) is 0 Å². The highest BCUT2D eigenvalue weighted by molar-refractivity contribution is 7.45. The molecule has 0 aromatic heterocycles. The standard InChI is InChI=1S/C23H50N2.C3H6O3.H3O4P/c1-23(2)19-16-14-12-10-8-6-5-7-9-11-13-15-17-20-24-21-18-22-25(3)4;1-2(4)3(5)6;1-5(2,3)4/h23-24H,5-22H2,1-4H3;2,4H,1H3,(H,5,6);(H3,1,2,3,4). The van der Waals surface area contributed by atoms with Gasteiger partial charge in [-0.1, -0.05) is 97.3 Å².